The highest BCUT2D eigenvalue weighted by atomic mass is 16.5. The molecule has 0 spiro atoms. The van der Waals surface area contributed by atoms with Crippen molar-refractivity contribution in [2.24, 2.45) is 0 Å². The summed E-state index contributed by atoms with van der Waals surface area (Å²) in [5.41, 5.74) is 0.654. The van der Waals surface area contributed by atoms with Crippen LogP contribution in [0.5, 0.6) is 0 Å². The van der Waals surface area contributed by atoms with Gasteiger partial charge < -0.3 is 15.0 Å². The van der Waals surface area contributed by atoms with E-state index >= 15 is 0 Å². The van der Waals surface area contributed by atoms with Gasteiger partial charge in [0.15, 0.2) is 0 Å². The van der Waals surface area contributed by atoms with Crippen LogP contribution in [0.4, 0.5) is 0 Å². The lowest BCUT2D eigenvalue weighted by atomic mass is 10.0. The molecule has 0 fully saturated rings. The number of nitrogens with one attached hydrogen (secondary N) is 1. The van der Waals surface area contributed by atoms with Gasteiger partial charge in [-0.15, -0.1) is 0 Å². The summed E-state index contributed by atoms with van der Waals surface area (Å²) in [7, 11) is 3.48. The average Bonchev–Trinajstić information content (AvgIpc) is 2.51. The van der Waals surface area contributed by atoms with Crippen LogP contribution >= 0.6 is 0 Å². The zero-order valence-electron chi connectivity index (χ0n) is 13.7. The quantitative estimate of drug-likeness (QED) is 0.708. The van der Waals surface area contributed by atoms with E-state index in [1.165, 1.54) is 12.7 Å². The Morgan fingerprint density at radius 3 is 2.57 bits per heavy atom. The van der Waals surface area contributed by atoms with E-state index in [0.717, 1.165) is 25.9 Å². The van der Waals surface area contributed by atoms with Gasteiger partial charge in [0.25, 0.3) is 0 Å². The van der Waals surface area contributed by atoms with E-state index in [2.05, 4.69) is 41.4 Å². The molecule has 0 aliphatic rings. The number of ether oxygens (including phenoxy) is 1. The summed E-state index contributed by atoms with van der Waals surface area (Å²) in [6.07, 6.45) is 1.96. The molecule has 1 aromatic carbocycles. The van der Waals surface area contributed by atoms with Crippen LogP contribution < -0.4 is 5.32 Å². The van der Waals surface area contributed by atoms with Crippen molar-refractivity contribution in [3.63, 3.8) is 0 Å². The lowest BCUT2D eigenvalue weighted by Crippen LogP contribution is -2.57. The highest BCUT2D eigenvalue weighted by molar-refractivity contribution is 5.80. The molecule has 0 radical (unpaired) electrons. The van der Waals surface area contributed by atoms with Crippen molar-refractivity contribution in [1.29, 1.82) is 0 Å². The maximum Gasteiger partial charge on any atom is 0.327 e. The first-order valence-electron chi connectivity index (χ1n) is 7.57. The van der Waals surface area contributed by atoms with Gasteiger partial charge in [-0.2, -0.15) is 0 Å². The lowest BCUT2D eigenvalue weighted by molar-refractivity contribution is -0.148. The predicted molar refractivity (Wildman–Crippen MR) is 86.4 cm³/mol. The van der Waals surface area contributed by atoms with Gasteiger partial charge in [0, 0.05) is 13.1 Å². The number of likely N-dealkylation sites (N-methyl/N-ethyl adjacent to an activating group) is 1. The van der Waals surface area contributed by atoms with Crippen molar-refractivity contribution in [2.45, 2.75) is 32.2 Å². The van der Waals surface area contributed by atoms with Gasteiger partial charge in [0.1, 0.15) is 5.54 Å². The number of carbonyl (C=O) groups is 1. The van der Waals surface area contributed by atoms with Crippen molar-refractivity contribution in [3.8, 4) is 0 Å². The molecule has 118 valence electrons. The van der Waals surface area contributed by atoms with Gasteiger partial charge in [-0.3, -0.25) is 4.79 Å². The fourth-order valence-corrected chi connectivity index (χ4v) is 2.40. The molecule has 4 heteroatoms. The number of rotatable bonds is 9. The van der Waals surface area contributed by atoms with Crippen LogP contribution in [-0.2, 0) is 16.0 Å². The lowest BCUT2D eigenvalue weighted by Gasteiger charge is -2.32. The SMILES string of the molecule is CCCNC(C)(CN(C)CCc1ccccc1)C(=O)OC. The molecule has 0 bridgehead atoms. The summed E-state index contributed by atoms with van der Waals surface area (Å²) in [5.74, 6) is -0.206. The summed E-state index contributed by atoms with van der Waals surface area (Å²) in [6.45, 7) is 6.34. The molecule has 4 nitrogen and oxygen atoms in total. The maximum absolute atomic E-state index is 12.0. The van der Waals surface area contributed by atoms with Gasteiger partial charge in [0.05, 0.1) is 7.11 Å². The minimum atomic E-state index is -0.657. The minimum absolute atomic E-state index is 0.206. The van der Waals surface area contributed by atoms with Crippen molar-refractivity contribution in [1.82, 2.24) is 10.2 Å². The van der Waals surface area contributed by atoms with Gasteiger partial charge in [0.2, 0.25) is 0 Å². The van der Waals surface area contributed by atoms with E-state index < -0.39 is 5.54 Å². The number of hydrogen-bond donors (Lipinski definition) is 1. The van der Waals surface area contributed by atoms with Crippen molar-refractivity contribution in [2.75, 3.05) is 33.8 Å². The third-order valence-electron chi connectivity index (χ3n) is 3.61. The molecule has 0 heterocycles. The van der Waals surface area contributed by atoms with Crippen LogP contribution in [0.3, 0.4) is 0 Å². The zero-order chi connectivity index (χ0) is 15.7. The fraction of sp³-hybridized carbons (Fsp3) is 0.588. The summed E-state index contributed by atoms with van der Waals surface area (Å²) in [4.78, 5) is 14.2. The first-order chi connectivity index (χ1) is 10.0. The van der Waals surface area contributed by atoms with Gasteiger partial charge in [-0.1, -0.05) is 37.3 Å². The van der Waals surface area contributed by atoms with E-state index in [-0.39, 0.29) is 5.97 Å². The average molecular weight is 292 g/mol. The van der Waals surface area contributed by atoms with Crippen LogP contribution in [0, 0.1) is 0 Å². The first kappa shape index (κ1) is 17.7. The normalized spacial score (nSPS) is 14.0. The molecule has 0 aliphatic heterocycles. The van der Waals surface area contributed by atoms with Crippen LogP contribution in [-0.4, -0.2) is 50.2 Å². The van der Waals surface area contributed by atoms with E-state index in [1.807, 2.05) is 20.0 Å². The molecule has 1 N–H and O–H groups in total. The summed E-state index contributed by atoms with van der Waals surface area (Å²) < 4.78 is 4.95. The van der Waals surface area contributed by atoms with Crippen LogP contribution in [0.1, 0.15) is 25.8 Å². The number of nitrogens with zero attached hydrogens (tertiary/aromatic N) is 1. The Balaban J connectivity index is 2.55. The molecular weight excluding hydrogens is 264 g/mol. The number of benzene rings is 1. The summed E-state index contributed by atoms with van der Waals surface area (Å²) in [5, 5.41) is 3.31. The first-order valence-corrected chi connectivity index (χ1v) is 7.57. The molecule has 0 aliphatic carbocycles. The molecule has 0 saturated heterocycles. The highest BCUT2D eigenvalue weighted by Crippen LogP contribution is 2.10. The van der Waals surface area contributed by atoms with Crippen LogP contribution in [0.15, 0.2) is 30.3 Å². The van der Waals surface area contributed by atoms with E-state index in [4.69, 9.17) is 4.74 Å². The molecule has 1 aromatic rings. The summed E-state index contributed by atoms with van der Waals surface area (Å²) in [6, 6.07) is 10.4. The molecule has 0 aromatic heterocycles. The van der Waals surface area contributed by atoms with E-state index in [0.29, 0.717) is 6.54 Å². The van der Waals surface area contributed by atoms with Crippen molar-refractivity contribution >= 4 is 5.97 Å². The summed E-state index contributed by atoms with van der Waals surface area (Å²) >= 11 is 0. The second kappa shape index (κ2) is 8.80. The van der Waals surface area contributed by atoms with Crippen molar-refractivity contribution < 1.29 is 9.53 Å². The molecule has 1 unspecified atom stereocenters. The number of methoxy groups -OCH3 is 1. The highest BCUT2D eigenvalue weighted by Gasteiger charge is 2.34. The van der Waals surface area contributed by atoms with E-state index in [9.17, 15) is 4.79 Å². The third kappa shape index (κ3) is 5.86. The van der Waals surface area contributed by atoms with Gasteiger partial charge in [-0.25, -0.2) is 0 Å². The fourth-order valence-electron chi connectivity index (χ4n) is 2.40. The third-order valence-corrected chi connectivity index (χ3v) is 3.61. The molecular formula is C17H28N2O2. The monoisotopic (exact) mass is 292 g/mol. The smallest absolute Gasteiger partial charge is 0.327 e. The zero-order valence-corrected chi connectivity index (χ0v) is 13.7. The Hall–Kier alpha value is -1.39. The molecule has 21 heavy (non-hydrogen) atoms. The Labute approximate surface area is 128 Å². The standard InChI is InChI=1S/C17H28N2O2/c1-5-12-18-17(2,16(20)21-4)14-19(3)13-11-15-9-7-6-8-10-15/h6-10,18H,5,11-14H2,1-4H3. The van der Waals surface area contributed by atoms with Crippen molar-refractivity contribution in [3.05, 3.63) is 35.9 Å². The predicted octanol–water partition coefficient (Wildman–Crippen LogP) is 2.09. The number of carbonyl (C=O) groups excluding carboxylic acids is 1. The Kier molecular flexibility index (Phi) is 7.40. The second-order valence-electron chi connectivity index (χ2n) is 5.72. The number of hydrogen-bond acceptors (Lipinski definition) is 4. The second-order valence-corrected chi connectivity index (χ2v) is 5.72. The topological polar surface area (TPSA) is 41.6 Å². The van der Waals surface area contributed by atoms with Crippen LogP contribution in [0.2, 0.25) is 0 Å². The molecule has 0 amide bonds. The van der Waals surface area contributed by atoms with Crippen LogP contribution in [0.25, 0.3) is 0 Å². The number of esters is 1. The molecule has 1 atom stereocenters. The maximum atomic E-state index is 12.0. The largest absolute Gasteiger partial charge is 0.468 e. The van der Waals surface area contributed by atoms with Gasteiger partial charge >= 0.3 is 5.97 Å². The Bertz CT molecular complexity index is 422. The molecule has 1 rings (SSSR count). The molecule has 0 saturated carbocycles. The minimum Gasteiger partial charge on any atom is -0.468 e. The van der Waals surface area contributed by atoms with E-state index in [1.54, 1.807) is 0 Å². The Morgan fingerprint density at radius 1 is 1.33 bits per heavy atom. The Morgan fingerprint density at radius 2 is 2.00 bits per heavy atom. The van der Waals surface area contributed by atoms with Gasteiger partial charge in [-0.05, 0) is 38.9 Å².